The Bertz CT molecular complexity index is 353. The van der Waals surface area contributed by atoms with E-state index >= 15 is 0 Å². The number of hydrogen-bond acceptors (Lipinski definition) is 0. The summed E-state index contributed by atoms with van der Waals surface area (Å²) in [5.74, 6) is 2.44. The second-order valence-corrected chi connectivity index (χ2v) is 6.98. The first-order chi connectivity index (χ1) is 7.91. The minimum absolute atomic E-state index is 0.471. The van der Waals surface area contributed by atoms with Gasteiger partial charge in [-0.3, -0.25) is 0 Å². The predicted octanol–water partition coefficient (Wildman–Crippen LogP) is 4.92. The molecule has 0 N–H and O–H groups in total. The molecule has 0 radical (unpaired) electrons. The fourth-order valence-electron chi connectivity index (χ4n) is 3.08. The van der Waals surface area contributed by atoms with Crippen LogP contribution in [0.3, 0.4) is 0 Å². The van der Waals surface area contributed by atoms with Gasteiger partial charge in [-0.2, -0.15) is 0 Å². The molecular weight excluding hydrogens is 203 g/mol. The molecule has 0 nitrogen and oxygen atoms in total. The van der Waals surface area contributed by atoms with Crippen molar-refractivity contribution in [2.75, 3.05) is 0 Å². The van der Waals surface area contributed by atoms with E-state index in [0.29, 0.717) is 10.8 Å². The molecule has 0 saturated carbocycles. The van der Waals surface area contributed by atoms with Gasteiger partial charge in [0, 0.05) is 0 Å². The summed E-state index contributed by atoms with van der Waals surface area (Å²) in [6.07, 6.45) is 14.3. The van der Waals surface area contributed by atoms with Crippen LogP contribution in [0.15, 0.2) is 35.9 Å². The first-order valence-electron chi connectivity index (χ1n) is 6.96. The number of hydrogen-bond donors (Lipinski definition) is 0. The average molecular weight is 228 g/mol. The summed E-state index contributed by atoms with van der Waals surface area (Å²) in [7, 11) is 0. The number of allylic oxidation sites excluding steroid dienone is 5. The largest absolute Gasteiger partial charge is 0.167 e. The van der Waals surface area contributed by atoms with Crippen molar-refractivity contribution in [3.8, 4) is 0 Å². The molecule has 0 aromatic carbocycles. The van der Waals surface area contributed by atoms with Gasteiger partial charge in [-0.1, -0.05) is 64.6 Å². The second-order valence-electron chi connectivity index (χ2n) is 6.98. The van der Waals surface area contributed by atoms with Gasteiger partial charge in [0.2, 0.25) is 0 Å². The highest BCUT2D eigenvalue weighted by Gasteiger charge is 2.46. The van der Waals surface area contributed by atoms with Gasteiger partial charge < -0.3 is 0 Å². The van der Waals surface area contributed by atoms with Gasteiger partial charge in [-0.25, -0.2) is 0 Å². The van der Waals surface area contributed by atoms with E-state index in [0.717, 1.165) is 6.71 Å². The maximum Gasteiger partial charge on any atom is 0.167 e. The van der Waals surface area contributed by atoms with E-state index < -0.39 is 0 Å². The maximum atomic E-state index is 2.44. The molecule has 1 saturated heterocycles. The molecule has 92 valence electrons. The Kier molecular flexibility index (Phi) is 3.38. The molecule has 0 unspecified atom stereocenters. The molecule has 0 atom stereocenters. The van der Waals surface area contributed by atoms with Crippen LogP contribution in [0.2, 0.25) is 12.6 Å². The highest BCUT2D eigenvalue weighted by molar-refractivity contribution is 6.65. The Hall–Kier alpha value is -0.715. The monoisotopic (exact) mass is 228 g/mol. The molecule has 1 heteroatoms. The van der Waals surface area contributed by atoms with Crippen LogP contribution in [0.25, 0.3) is 0 Å². The van der Waals surface area contributed by atoms with Crippen molar-refractivity contribution in [1.82, 2.24) is 0 Å². The lowest BCUT2D eigenvalue weighted by molar-refractivity contribution is 0.177. The van der Waals surface area contributed by atoms with Crippen LogP contribution in [0.4, 0.5) is 0 Å². The fourth-order valence-corrected chi connectivity index (χ4v) is 3.08. The quantitative estimate of drug-likeness (QED) is 0.588. The summed E-state index contributed by atoms with van der Waals surface area (Å²) >= 11 is 0. The molecule has 1 aliphatic carbocycles. The third-order valence-electron chi connectivity index (χ3n) is 4.96. The van der Waals surface area contributed by atoms with Crippen LogP contribution in [0, 0.1) is 10.8 Å². The standard InChI is InChI=1S/C16H25B/c1-15(2)12-17(13-16(15,3)4)11-10-14-8-6-5-7-9-14/h6,8-11H,5,7,12-13H2,1-4H3/b11-10+. The molecule has 1 fully saturated rings. The SMILES string of the molecule is CC1(C)CB(/C=C/C2=CCCC=C2)CC1(C)C. The van der Waals surface area contributed by atoms with E-state index in [2.05, 4.69) is 58.0 Å². The summed E-state index contributed by atoms with van der Waals surface area (Å²) in [6, 6.07) is 0. The first-order valence-corrected chi connectivity index (χ1v) is 6.96. The van der Waals surface area contributed by atoms with E-state index in [1.54, 1.807) is 0 Å². The summed E-state index contributed by atoms with van der Waals surface area (Å²) in [5, 5.41) is 0. The molecule has 0 aromatic rings. The second kappa shape index (κ2) is 4.51. The van der Waals surface area contributed by atoms with E-state index in [9.17, 15) is 0 Å². The van der Waals surface area contributed by atoms with Crippen LogP contribution >= 0.6 is 0 Å². The van der Waals surface area contributed by atoms with Crippen LogP contribution in [0.5, 0.6) is 0 Å². The minimum atomic E-state index is 0.471. The van der Waals surface area contributed by atoms with Gasteiger partial charge in [-0.15, -0.1) is 5.98 Å². The average Bonchev–Trinajstić information content (AvgIpc) is 2.46. The third kappa shape index (κ3) is 2.76. The van der Waals surface area contributed by atoms with Gasteiger partial charge >= 0.3 is 0 Å². The Balaban J connectivity index is 2.00. The molecule has 0 amide bonds. The van der Waals surface area contributed by atoms with E-state index in [4.69, 9.17) is 0 Å². The normalized spacial score (nSPS) is 26.6. The zero-order valence-electron chi connectivity index (χ0n) is 11.8. The number of rotatable bonds is 2. The molecule has 0 aromatic heterocycles. The lowest BCUT2D eigenvalue weighted by Gasteiger charge is -2.35. The van der Waals surface area contributed by atoms with Crippen LogP contribution < -0.4 is 0 Å². The molecule has 2 rings (SSSR count). The molecule has 0 bridgehead atoms. The van der Waals surface area contributed by atoms with Crippen molar-refractivity contribution >= 4 is 6.71 Å². The Morgan fingerprint density at radius 1 is 1.06 bits per heavy atom. The zero-order valence-corrected chi connectivity index (χ0v) is 11.8. The Labute approximate surface area is 107 Å². The molecule has 0 spiro atoms. The van der Waals surface area contributed by atoms with Crippen molar-refractivity contribution in [3.05, 3.63) is 35.9 Å². The van der Waals surface area contributed by atoms with Gasteiger partial charge in [0.1, 0.15) is 0 Å². The lowest BCUT2D eigenvalue weighted by atomic mass is 9.46. The molecule has 1 heterocycles. The van der Waals surface area contributed by atoms with Gasteiger partial charge in [0.15, 0.2) is 6.71 Å². The van der Waals surface area contributed by atoms with E-state index in [1.165, 1.54) is 31.1 Å². The first kappa shape index (κ1) is 12.7. The van der Waals surface area contributed by atoms with E-state index in [1.807, 2.05) is 0 Å². The van der Waals surface area contributed by atoms with Crippen molar-refractivity contribution in [3.63, 3.8) is 0 Å². The molecule has 1 aliphatic heterocycles. The summed E-state index contributed by atoms with van der Waals surface area (Å²) < 4.78 is 0. The van der Waals surface area contributed by atoms with Gasteiger partial charge in [0.05, 0.1) is 0 Å². The summed E-state index contributed by atoms with van der Waals surface area (Å²) in [6.45, 7) is 10.4. The van der Waals surface area contributed by atoms with Crippen LogP contribution in [-0.2, 0) is 0 Å². The lowest BCUT2D eigenvalue weighted by Crippen LogP contribution is -2.24. The van der Waals surface area contributed by atoms with Crippen molar-refractivity contribution in [1.29, 1.82) is 0 Å². The van der Waals surface area contributed by atoms with Gasteiger partial charge in [-0.05, 0) is 29.2 Å². The van der Waals surface area contributed by atoms with Crippen molar-refractivity contribution in [2.24, 2.45) is 10.8 Å². The molecule has 2 aliphatic rings. The topological polar surface area (TPSA) is 0 Å². The van der Waals surface area contributed by atoms with Crippen LogP contribution in [-0.4, -0.2) is 6.71 Å². The minimum Gasteiger partial charge on any atom is -0.114 e. The van der Waals surface area contributed by atoms with Crippen molar-refractivity contribution < 1.29 is 0 Å². The summed E-state index contributed by atoms with van der Waals surface area (Å²) in [4.78, 5) is 0. The predicted molar refractivity (Wildman–Crippen MR) is 78.5 cm³/mol. The highest BCUT2D eigenvalue weighted by Crippen LogP contribution is 2.53. The van der Waals surface area contributed by atoms with Crippen LogP contribution in [0.1, 0.15) is 40.5 Å². The van der Waals surface area contributed by atoms with E-state index in [-0.39, 0.29) is 0 Å². The van der Waals surface area contributed by atoms with Gasteiger partial charge in [0.25, 0.3) is 0 Å². The Morgan fingerprint density at radius 3 is 2.24 bits per heavy atom. The smallest absolute Gasteiger partial charge is 0.114 e. The summed E-state index contributed by atoms with van der Waals surface area (Å²) in [5.41, 5.74) is 2.34. The van der Waals surface area contributed by atoms with Crippen molar-refractivity contribution in [2.45, 2.75) is 53.2 Å². The third-order valence-corrected chi connectivity index (χ3v) is 4.96. The Morgan fingerprint density at radius 2 is 1.71 bits per heavy atom. The zero-order chi connectivity index (χ0) is 12.5. The maximum absolute atomic E-state index is 2.44. The molecule has 17 heavy (non-hydrogen) atoms. The fraction of sp³-hybridized carbons (Fsp3) is 0.625. The highest BCUT2D eigenvalue weighted by atomic mass is 14.4. The molecular formula is C16H25B.